The predicted octanol–water partition coefficient (Wildman–Crippen LogP) is 3.22. The van der Waals surface area contributed by atoms with Gasteiger partial charge in [0.25, 0.3) is 0 Å². The van der Waals surface area contributed by atoms with Crippen molar-refractivity contribution in [1.82, 2.24) is 5.32 Å². The Balaban J connectivity index is 0.00000280. The van der Waals surface area contributed by atoms with Gasteiger partial charge in [-0.1, -0.05) is 25.1 Å². The molecule has 1 aliphatic heterocycles. The molecule has 0 bridgehead atoms. The Hall–Kier alpha value is -2.57. The SMILES string of the molecule is CCNCc1ccccc1NC(=O)C1CC(=O)N(c2ccc(OC)cc2)C1.Cl. The Morgan fingerprint density at radius 2 is 1.89 bits per heavy atom. The molecule has 28 heavy (non-hydrogen) atoms. The first-order chi connectivity index (χ1) is 13.1. The zero-order chi connectivity index (χ0) is 19.2. The lowest BCUT2D eigenvalue weighted by molar-refractivity contribution is -0.122. The van der Waals surface area contributed by atoms with Crippen molar-refractivity contribution in [3.63, 3.8) is 0 Å². The van der Waals surface area contributed by atoms with Crippen LogP contribution in [0.4, 0.5) is 11.4 Å². The van der Waals surface area contributed by atoms with Gasteiger partial charge in [0.05, 0.1) is 13.0 Å². The molecule has 1 unspecified atom stereocenters. The lowest BCUT2D eigenvalue weighted by Gasteiger charge is -2.17. The van der Waals surface area contributed by atoms with E-state index in [-0.39, 0.29) is 36.6 Å². The van der Waals surface area contributed by atoms with E-state index in [9.17, 15) is 9.59 Å². The summed E-state index contributed by atoms with van der Waals surface area (Å²) in [6.07, 6.45) is 0.216. The second kappa shape index (κ2) is 10.1. The summed E-state index contributed by atoms with van der Waals surface area (Å²) in [4.78, 5) is 26.8. The Labute approximate surface area is 171 Å². The van der Waals surface area contributed by atoms with Crippen molar-refractivity contribution in [2.24, 2.45) is 5.92 Å². The van der Waals surface area contributed by atoms with Crippen LogP contribution in [-0.4, -0.2) is 32.0 Å². The molecule has 2 aromatic rings. The summed E-state index contributed by atoms with van der Waals surface area (Å²) in [7, 11) is 1.60. The van der Waals surface area contributed by atoms with Gasteiger partial charge >= 0.3 is 0 Å². The minimum Gasteiger partial charge on any atom is -0.497 e. The molecule has 150 valence electrons. The van der Waals surface area contributed by atoms with Crippen molar-refractivity contribution < 1.29 is 14.3 Å². The Morgan fingerprint density at radius 3 is 2.57 bits per heavy atom. The van der Waals surface area contributed by atoms with E-state index < -0.39 is 0 Å². The van der Waals surface area contributed by atoms with E-state index in [0.29, 0.717) is 13.1 Å². The van der Waals surface area contributed by atoms with Crippen LogP contribution < -0.4 is 20.3 Å². The van der Waals surface area contributed by atoms with E-state index >= 15 is 0 Å². The quantitative estimate of drug-likeness (QED) is 0.744. The van der Waals surface area contributed by atoms with Crippen LogP contribution in [0.15, 0.2) is 48.5 Å². The summed E-state index contributed by atoms with van der Waals surface area (Å²) in [6, 6.07) is 15.0. The highest BCUT2D eigenvalue weighted by Gasteiger charge is 2.35. The molecule has 6 nitrogen and oxygen atoms in total. The first kappa shape index (κ1) is 21.7. The summed E-state index contributed by atoms with van der Waals surface area (Å²) in [5.74, 6) is 0.202. The molecule has 1 saturated heterocycles. The number of carbonyl (C=O) groups is 2. The van der Waals surface area contributed by atoms with Gasteiger partial charge < -0.3 is 20.3 Å². The summed E-state index contributed by atoms with van der Waals surface area (Å²) in [5, 5.41) is 6.26. The number of methoxy groups -OCH3 is 1. The van der Waals surface area contributed by atoms with Crippen molar-refractivity contribution in [1.29, 1.82) is 0 Å². The summed E-state index contributed by atoms with van der Waals surface area (Å²) in [6.45, 7) is 3.97. The zero-order valence-electron chi connectivity index (χ0n) is 16.1. The van der Waals surface area contributed by atoms with Crippen LogP contribution in [0.25, 0.3) is 0 Å². The fourth-order valence-corrected chi connectivity index (χ4v) is 3.19. The van der Waals surface area contributed by atoms with Crippen LogP contribution in [0.1, 0.15) is 18.9 Å². The number of halogens is 1. The van der Waals surface area contributed by atoms with Crippen LogP contribution in [0.5, 0.6) is 5.75 Å². The molecular formula is C21H26ClN3O3. The van der Waals surface area contributed by atoms with Gasteiger partial charge in [0.15, 0.2) is 0 Å². The number of benzene rings is 2. The normalized spacial score (nSPS) is 15.9. The van der Waals surface area contributed by atoms with Crippen LogP contribution in [0.3, 0.4) is 0 Å². The number of hydrogen-bond donors (Lipinski definition) is 2. The van der Waals surface area contributed by atoms with Crippen molar-refractivity contribution >= 4 is 35.6 Å². The van der Waals surface area contributed by atoms with Gasteiger partial charge in [-0.25, -0.2) is 0 Å². The fraction of sp³-hybridized carbons (Fsp3) is 0.333. The molecule has 7 heteroatoms. The van der Waals surface area contributed by atoms with Gasteiger partial charge in [-0.15, -0.1) is 12.4 Å². The predicted molar refractivity (Wildman–Crippen MR) is 113 cm³/mol. The van der Waals surface area contributed by atoms with E-state index in [1.54, 1.807) is 12.0 Å². The second-order valence-corrected chi connectivity index (χ2v) is 6.53. The Morgan fingerprint density at radius 1 is 1.18 bits per heavy atom. The average molecular weight is 404 g/mol. The average Bonchev–Trinajstić information content (AvgIpc) is 3.09. The molecule has 0 aromatic heterocycles. The van der Waals surface area contributed by atoms with Crippen molar-refractivity contribution in [3.8, 4) is 5.75 Å². The van der Waals surface area contributed by atoms with E-state index in [4.69, 9.17) is 4.74 Å². The lowest BCUT2D eigenvalue weighted by atomic mass is 10.1. The summed E-state index contributed by atoms with van der Waals surface area (Å²) < 4.78 is 5.15. The topological polar surface area (TPSA) is 70.7 Å². The van der Waals surface area contributed by atoms with Gasteiger partial charge in [-0.2, -0.15) is 0 Å². The molecule has 2 amide bonds. The van der Waals surface area contributed by atoms with Crippen molar-refractivity contribution in [2.45, 2.75) is 19.9 Å². The van der Waals surface area contributed by atoms with Gasteiger partial charge in [0, 0.05) is 30.9 Å². The number of carbonyl (C=O) groups excluding carboxylic acids is 2. The number of rotatable bonds is 7. The number of nitrogens with one attached hydrogen (secondary N) is 2. The van der Waals surface area contributed by atoms with E-state index in [2.05, 4.69) is 10.6 Å². The number of ether oxygens (including phenoxy) is 1. The summed E-state index contributed by atoms with van der Waals surface area (Å²) >= 11 is 0. The van der Waals surface area contributed by atoms with Crippen LogP contribution >= 0.6 is 12.4 Å². The molecule has 0 spiro atoms. The zero-order valence-corrected chi connectivity index (χ0v) is 16.9. The molecule has 0 radical (unpaired) electrons. The van der Waals surface area contributed by atoms with Gasteiger partial charge in [0.1, 0.15) is 5.75 Å². The first-order valence-electron chi connectivity index (χ1n) is 9.16. The minimum atomic E-state index is -0.369. The van der Waals surface area contributed by atoms with Crippen LogP contribution in [0, 0.1) is 5.92 Å². The van der Waals surface area contributed by atoms with Crippen molar-refractivity contribution in [2.75, 3.05) is 30.4 Å². The highest BCUT2D eigenvalue weighted by Crippen LogP contribution is 2.28. The molecule has 2 N–H and O–H groups in total. The fourth-order valence-electron chi connectivity index (χ4n) is 3.19. The summed E-state index contributed by atoms with van der Waals surface area (Å²) in [5.41, 5.74) is 2.60. The van der Waals surface area contributed by atoms with Gasteiger partial charge in [0.2, 0.25) is 11.8 Å². The molecule has 1 atom stereocenters. The highest BCUT2D eigenvalue weighted by atomic mass is 35.5. The standard InChI is InChI=1S/C21H25N3O3.ClH/c1-3-22-13-15-6-4-5-7-19(15)23-21(26)16-12-20(25)24(14-16)17-8-10-18(27-2)11-9-17;/h4-11,16,22H,3,12-14H2,1-2H3,(H,23,26);1H. The maximum atomic E-state index is 12.7. The number of anilines is 2. The van der Waals surface area contributed by atoms with Gasteiger partial charge in [-0.05, 0) is 42.4 Å². The first-order valence-corrected chi connectivity index (χ1v) is 9.16. The monoisotopic (exact) mass is 403 g/mol. The van der Waals surface area contributed by atoms with E-state index in [1.807, 2.05) is 55.5 Å². The van der Waals surface area contributed by atoms with E-state index in [0.717, 1.165) is 29.2 Å². The minimum absolute atomic E-state index is 0. The molecule has 0 saturated carbocycles. The molecule has 1 heterocycles. The third-order valence-corrected chi connectivity index (χ3v) is 4.72. The molecule has 2 aromatic carbocycles. The van der Waals surface area contributed by atoms with Crippen LogP contribution in [-0.2, 0) is 16.1 Å². The Kier molecular flexibility index (Phi) is 7.84. The van der Waals surface area contributed by atoms with Gasteiger partial charge in [-0.3, -0.25) is 9.59 Å². The highest BCUT2D eigenvalue weighted by molar-refractivity contribution is 6.03. The number of hydrogen-bond acceptors (Lipinski definition) is 4. The molecule has 0 aliphatic carbocycles. The van der Waals surface area contributed by atoms with Crippen molar-refractivity contribution in [3.05, 3.63) is 54.1 Å². The molecule has 1 fully saturated rings. The smallest absolute Gasteiger partial charge is 0.229 e. The Bertz CT molecular complexity index is 811. The maximum absolute atomic E-state index is 12.7. The lowest BCUT2D eigenvalue weighted by Crippen LogP contribution is -2.28. The van der Waals surface area contributed by atoms with E-state index in [1.165, 1.54) is 0 Å². The number of amides is 2. The largest absolute Gasteiger partial charge is 0.497 e. The maximum Gasteiger partial charge on any atom is 0.229 e. The van der Waals surface area contributed by atoms with Crippen LogP contribution in [0.2, 0.25) is 0 Å². The molecular weight excluding hydrogens is 378 g/mol. The molecule has 3 rings (SSSR count). The molecule has 1 aliphatic rings. The number of para-hydroxylation sites is 1. The number of nitrogens with zero attached hydrogens (tertiary/aromatic N) is 1. The third kappa shape index (κ3) is 5.03. The third-order valence-electron chi connectivity index (χ3n) is 4.72. The second-order valence-electron chi connectivity index (χ2n) is 6.53.